The van der Waals surface area contributed by atoms with Gasteiger partial charge in [0.1, 0.15) is 12.0 Å². The van der Waals surface area contributed by atoms with Crippen molar-refractivity contribution < 1.29 is 14.3 Å². The molecule has 2 aromatic carbocycles. The summed E-state index contributed by atoms with van der Waals surface area (Å²) in [4.78, 5) is 26.2. The summed E-state index contributed by atoms with van der Waals surface area (Å²) in [7, 11) is 3.37. The Labute approximate surface area is 177 Å². The molecule has 0 aromatic heterocycles. The van der Waals surface area contributed by atoms with Crippen LogP contribution < -0.4 is 9.64 Å². The number of hydrogen-bond acceptors (Lipinski definition) is 4. The number of benzene rings is 2. The third-order valence-corrected chi connectivity index (χ3v) is 6.04. The van der Waals surface area contributed by atoms with Crippen molar-refractivity contribution in [1.29, 1.82) is 0 Å². The zero-order valence-electron chi connectivity index (χ0n) is 17.7. The quantitative estimate of drug-likeness (QED) is 0.648. The van der Waals surface area contributed by atoms with Gasteiger partial charge in [-0.25, -0.2) is 9.80 Å². The van der Waals surface area contributed by atoms with Crippen LogP contribution in [-0.4, -0.2) is 37.2 Å². The molecular weight excluding hydrogens is 378 g/mol. The average molecular weight is 405 g/mol. The molecular formula is C24H27N3O3. The zero-order valence-corrected chi connectivity index (χ0v) is 17.7. The number of nitrogens with zero attached hydrogens (tertiary/aromatic N) is 3. The fraction of sp³-hybridized carbons (Fsp3) is 0.375. The van der Waals surface area contributed by atoms with Crippen LogP contribution in [0.25, 0.3) is 0 Å². The number of carbonyl (C=O) groups is 2. The normalized spacial score (nSPS) is 17.3. The van der Waals surface area contributed by atoms with Crippen LogP contribution in [0, 0.1) is 12.8 Å². The molecule has 1 aliphatic heterocycles. The van der Waals surface area contributed by atoms with Crippen molar-refractivity contribution in [2.24, 2.45) is 11.0 Å². The lowest BCUT2D eigenvalue weighted by atomic mass is 9.82. The number of urea groups is 1. The molecule has 1 aliphatic carbocycles. The second kappa shape index (κ2) is 8.30. The molecule has 156 valence electrons. The molecule has 0 bridgehead atoms. The van der Waals surface area contributed by atoms with Crippen LogP contribution in [0.4, 0.5) is 16.2 Å². The monoisotopic (exact) mass is 405 g/mol. The molecule has 1 saturated carbocycles. The second-order valence-electron chi connectivity index (χ2n) is 8.01. The van der Waals surface area contributed by atoms with Gasteiger partial charge in [-0.3, -0.25) is 9.69 Å². The largest absolute Gasteiger partial charge is 0.496 e. The number of fused-ring (bicyclic) bond motifs is 1. The van der Waals surface area contributed by atoms with Crippen LogP contribution in [0.1, 0.15) is 53.6 Å². The lowest BCUT2D eigenvalue weighted by molar-refractivity contribution is 0.112. The SMILES string of the molecule is COc1cc2c(cc1C)N(c1ccc(C=O)cc1)C(=O)N(C)N=C2C1CCCCC1. The first-order valence-corrected chi connectivity index (χ1v) is 10.4. The van der Waals surface area contributed by atoms with Crippen LogP contribution in [-0.2, 0) is 0 Å². The smallest absolute Gasteiger partial charge is 0.349 e. The lowest BCUT2D eigenvalue weighted by Gasteiger charge is -2.27. The minimum absolute atomic E-state index is 0.231. The molecule has 6 heteroatoms. The van der Waals surface area contributed by atoms with Crippen molar-refractivity contribution in [2.75, 3.05) is 19.1 Å². The molecule has 0 atom stereocenters. The predicted octanol–water partition coefficient (Wildman–Crippen LogP) is 5.30. The van der Waals surface area contributed by atoms with E-state index in [9.17, 15) is 9.59 Å². The number of methoxy groups -OCH3 is 1. The highest BCUT2D eigenvalue weighted by Gasteiger charge is 2.33. The Hall–Kier alpha value is -3.15. The summed E-state index contributed by atoms with van der Waals surface area (Å²) in [6.07, 6.45) is 6.55. The van der Waals surface area contributed by atoms with Gasteiger partial charge in [0.05, 0.1) is 24.2 Å². The average Bonchev–Trinajstić information content (AvgIpc) is 2.88. The summed E-state index contributed by atoms with van der Waals surface area (Å²) in [5.41, 5.74) is 4.90. The maximum Gasteiger partial charge on any atom is 0.349 e. The number of amides is 2. The van der Waals surface area contributed by atoms with E-state index < -0.39 is 0 Å². The number of carbonyl (C=O) groups excluding carboxylic acids is 2. The van der Waals surface area contributed by atoms with Gasteiger partial charge in [-0.05, 0) is 61.7 Å². The molecule has 1 fully saturated rings. The summed E-state index contributed by atoms with van der Waals surface area (Å²) < 4.78 is 5.60. The third kappa shape index (κ3) is 3.58. The summed E-state index contributed by atoms with van der Waals surface area (Å²) in [5, 5.41) is 6.21. The molecule has 0 unspecified atom stereocenters. The first-order chi connectivity index (χ1) is 14.5. The van der Waals surface area contributed by atoms with E-state index in [0.717, 1.165) is 47.4 Å². The summed E-state index contributed by atoms with van der Waals surface area (Å²) in [6.45, 7) is 1.98. The Bertz CT molecular complexity index is 992. The van der Waals surface area contributed by atoms with Crippen LogP contribution in [0.5, 0.6) is 5.75 Å². The molecule has 6 nitrogen and oxygen atoms in total. The van der Waals surface area contributed by atoms with E-state index in [1.165, 1.54) is 24.3 Å². The molecule has 0 N–H and O–H groups in total. The molecule has 1 heterocycles. The topological polar surface area (TPSA) is 62.2 Å². The molecule has 2 aromatic rings. The maximum atomic E-state index is 13.4. The first-order valence-electron chi connectivity index (χ1n) is 10.4. The highest BCUT2D eigenvalue weighted by Crippen LogP contribution is 2.40. The van der Waals surface area contributed by atoms with E-state index in [0.29, 0.717) is 17.2 Å². The number of hydrogen-bond donors (Lipinski definition) is 0. The van der Waals surface area contributed by atoms with Gasteiger partial charge in [-0.2, -0.15) is 5.10 Å². The summed E-state index contributed by atoms with van der Waals surface area (Å²) in [5.74, 6) is 1.10. The zero-order chi connectivity index (χ0) is 21.3. The van der Waals surface area contributed by atoms with Gasteiger partial charge in [-0.15, -0.1) is 0 Å². The predicted molar refractivity (Wildman–Crippen MR) is 118 cm³/mol. The van der Waals surface area contributed by atoms with E-state index in [1.54, 1.807) is 43.3 Å². The molecule has 2 aliphatic rings. The van der Waals surface area contributed by atoms with E-state index in [2.05, 4.69) is 0 Å². The Morgan fingerprint density at radius 2 is 1.80 bits per heavy atom. The number of aldehydes is 1. The number of rotatable bonds is 4. The minimum Gasteiger partial charge on any atom is -0.496 e. The highest BCUT2D eigenvalue weighted by molar-refractivity contribution is 6.14. The molecule has 0 radical (unpaired) electrons. The Kier molecular flexibility index (Phi) is 5.57. The number of aryl methyl sites for hydroxylation is 1. The van der Waals surface area contributed by atoms with Gasteiger partial charge < -0.3 is 4.74 Å². The van der Waals surface area contributed by atoms with Crippen molar-refractivity contribution >= 4 is 29.4 Å². The summed E-state index contributed by atoms with van der Waals surface area (Å²) >= 11 is 0. The van der Waals surface area contributed by atoms with Crippen LogP contribution in [0.2, 0.25) is 0 Å². The minimum atomic E-state index is -0.231. The Morgan fingerprint density at radius 3 is 2.43 bits per heavy atom. The first kappa shape index (κ1) is 20.1. The molecule has 2 amide bonds. The van der Waals surface area contributed by atoms with Crippen molar-refractivity contribution in [3.8, 4) is 5.75 Å². The third-order valence-electron chi connectivity index (χ3n) is 6.04. The van der Waals surface area contributed by atoms with Crippen molar-refractivity contribution in [1.82, 2.24) is 5.01 Å². The number of hydrazone groups is 1. The molecule has 4 rings (SSSR count). The molecule has 0 saturated heterocycles. The highest BCUT2D eigenvalue weighted by atomic mass is 16.5. The van der Waals surface area contributed by atoms with E-state index >= 15 is 0 Å². The molecule has 0 spiro atoms. The van der Waals surface area contributed by atoms with Crippen molar-refractivity contribution in [3.05, 3.63) is 53.1 Å². The van der Waals surface area contributed by atoms with Gasteiger partial charge in [0.2, 0.25) is 0 Å². The van der Waals surface area contributed by atoms with E-state index in [4.69, 9.17) is 9.84 Å². The van der Waals surface area contributed by atoms with E-state index in [-0.39, 0.29) is 6.03 Å². The van der Waals surface area contributed by atoms with Crippen LogP contribution in [0.3, 0.4) is 0 Å². The lowest BCUT2D eigenvalue weighted by Crippen LogP contribution is -2.34. The van der Waals surface area contributed by atoms with Crippen molar-refractivity contribution in [2.45, 2.75) is 39.0 Å². The van der Waals surface area contributed by atoms with Gasteiger partial charge >= 0.3 is 6.03 Å². The Balaban J connectivity index is 1.91. The van der Waals surface area contributed by atoms with Gasteiger partial charge in [0.25, 0.3) is 0 Å². The fourth-order valence-corrected chi connectivity index (χ4v) is 4.42. The second-order valence-corrected chi connectivity index (χ2v) is 8.01. The number of ether oxygens (including phenoxy) is 1. The standard InChI is InChI=1S/C24H27N3O3/c1-16-13-21-20(14-22(16)30-3)23(18-7-5-4-6-8-18)25-26(2)24(29)27(21)19-11-9-17(15-28)10-12-19/h9-15,18H,4-8H2,1-3H3. The summed E-state index contributed by atoms with van der Waals surface area (Å²) in [6, 6.07) is 10.8. The molecule has 30 heavy (non-hydrogen) atoms. The fourth-order valence-electron chi connectivity index (χ4n) is 4.42. The van der Waals surface area contributed by atoms with Crippen LogP contribution >= 0.6 is 0 Å². The van der Waals surface area contributed by atoms with Crippen LogP contribution in [0.15, 0.2) is 41.5 Å². The van der Waals surface area contributed by atoms with Gasteiger partial charge in [-0.1, -0.05) is 19.3 Å². The maximum absolute atomic E-state index is 13.4. The van der Waals surface area contributed by atoms with E-state index in [1.807, 2.05) is 19.1 Å². The van der Waals surface area contributed by atoms with Crippen molar-refractivity contribution in [3.63, 3.8) is 0 Å². The van der Waals surface area contributed by atoms with Gasteiger partial charge in [0.15, 0.2) is 0 Å². The number of anilines is 2. The Morgan fingerprint density at radius 1 is 1.10 bits per heavy atom. The van der Waals surface area contributed by atoms with Gasteiger partial charge in [0, 0.05) is 24.1 Å².